The molecule has 136 valence electrons. The largest absolute Gasteiger partial charge is 0.480 e. The lowest BCUT2D eigenvalue weighted by Crippen LogP contribution is -2.07. The van der Waals surface area contributed by atoms with Crippen LogP contribution in [-0.4, -0.2) is 37.7 Å². The molecule has 4 rings (SSSR count). The summed E-state index contributed by atoms with van der Waals surface area (Å²) in [5.41, 5.74) is 2.77. The van der Waals surface area contributed by atoms with E-state index in [0.717, 1.165) is 28.0 Å². The molecule has 0 aliphatic rings. The van der Waals surface area contributed by atoms with E-state index in [-0.39, 0.29) is 6.10 Å². The van der Waals surface area contributed by atoms with Crippen molar-refractivity contribution < 1.29 is 9.47 Å². The first kappa shape index (κ1) is 17.0. The predicted molar refractivity (Wildman–Crippen MR) is 102 cm³/mol. The van der Waals surface area contributed by atoms with Gasteiger partial charge in [0.1, 0.15) is 0 Å². The van der Waals surface area contributed by atoms with Gasteiger partial charge < -0.3 is 9.47 Å². The van der Waals surface area contributed by atoms with Crippen molar-refractivity contribution >= 4 is 10.9 Å². The second kappa shape index (κ2) is 7.03. The molecular weight excluding hydrogens is 342 g/mol. The van der Waals surface area contributed by atoms with Gasteiger partial charge in [0.05, 0.1) is 49.2 Å². The highest BCUT2D eigenvalue weighted by Gasteiger charge is 2.09. The van der Waals surface area contributed by atoms with Gasteiger partial charge in [0, 0.05) is 17.1 Å². The standard InChI is InChI=1S/C20H19N5O2/c1-13(2)27-20-11-21-9-16(24-20)14-4-5-17-15(8-14)6-7-25(17)18-10-23-19(26-3)12-22-18/h4-13H,1-3H3. The molecule has 0 saturated heterocycles. The molecule has 0 amide bonds. The number of nitrogens with zero attached hydrogens (tertiary/aromatic N) is 5. The van der Waals surface area contributed by atoms with Crippen LogP contribution in [0.4, 0.5) is 0 Å². The molecule has 0 aliphatic carbocycles. The lowest BCUT2D eigenvalue weighted by atomic mass is 10.1. The summed E-state index contributed by atoms with van der Waals surface area (Å²) in [5.74, 6) is 1.74. The Balaban J connectivity index is 1.70. The molecule has 3 aromatic heterocycles. The maximum absolute atomic E-state index is 5.64. The number of rotatable bonds is 5. The van der Waals surface area contributed by atoms with Crippen molar-refractivity contribution in [2.45, 2.75) is 20.0 Å². The Hall–Kier alpha value is -3.48. The van der Waals surface area contributed by atoms with Gasteiger partial charge in [-0.3, -0.25) is 9.55 Å². The van der Waals surface area contributed by atoms with E-state index in [1.807, 2.05) is 42.8 Å². The van der Waals surface area contributed by atoms with Gasteiger partial charge in [-0.1, -0.05) is 6.07 Å². The van der Waals surface area contributed by atoms with Crippen molar-refractivity contribution in [2.75, 3.05) is 7.11 Å². The summed E-state index contributed by atoms with van der Waals surface area (Å²) >= 11 is 0. The fourth-order valence-corrected chi connectivity index (χ4v) is 2.83. The van der Waals surface area contributed by atoms with Gasteiger partial charge in [0.25, 0.3) is 0 Å². The monoisotopic (exact) mass is 361 g/mol. The summed E-state index contributed by atoms with van der Waals surface area (Å²) in [7, 11) is 1.57. The summed E-state index contributed by atoms with van der Waals surface area (Å²) in [4.78, 5) is 17.4. The van der Waals surface area contributed by atoms with Crippen LogP contribution < -0.4 is 9.47 Å². The predicted octanol–water partition coefficient (Wildman–Crippen LogP) is 3.67. The van der Waals surface area contributed by atoms with E-state index < -0.39 is 0 Å². The molecule has 1 aromatic carbocycles. The highest BCUT2D eigenvalue weighted by Crippen LogP contribution is 2.26. The van der Waals surface area contributed by atoms with E-state index in [4.69, 9.17) is 9.47 Å². The molecule has 0 fully saturated rings. The first-order valence-electron chi connectivity index (χ1n) is 8.60. The van der Waals surface area contributed by atoms with Gasteiger partial charge in [-0.15, -0.1) is 0 Å². The maximum atomic E-state index is 5.64. The zero-order chi connectivity index (χ0) is 18.8. The molecular formula is C20H19N5O2. The zero-order valence-electron chi connectivity index (χ0n) is 15.3. The molecule has 4 aromatic rings. The molecule has 27 heavy (non-hydrogen) atoms. The normalized spacial score (nSPS) is 11.1. The molecule has 0 unspecified atom stereocenters. The highest BCUT2D eigenvalue weighted by atomic mass is 16.5. The fraction of sp³-hybridized carbons (Fsp3) is 0.200. The average molecular weight is 361 g/mol. The molecule has 7 nitrogen and oxygen atoms in total. The number of ether oxygens (including phenoxy) is 2. The minimum absolute atomic E-state index is 0.0525. The minimum Gasteiger partial charge on any atom is -0.480 e. The number of methoxy groups -OCH3 is 1. The highest BCUT2D eigenvalue weighted by molar-refractivity contribution is 5.86. The van der Waals surface area contributed by atoms with E-state index in [9.17, 15) is 0 Å². The molecule has 0 bridgehead atoms. The van der Waals surface area contributed by atoms with E-state index in [2.05, 4.69) is 26.0 Å². The lowest BCUT2D eigenvalue weighted by Gasteiger charge is -2.09. The van der Waals surface area contributed by atoms with Crippen LogP contribution in [0, 0.1) is 0 Å². The molecule has 0 radical (unpaired) electrons. The van der Waals surface area contributed by atoms with Crippen LogP contribution in [0.1, 0.15) is 13.8 Å². The van der Waals surface area contributed by atoms with Gasteiger partial charge in [-0.2, -0.15) is 0 Å². The number of hydrogen-bond donors (Lipinski definition) is 0. The number of benzene rings is 1. The summed E-state index contributed by atoms with van der Waals surface area (Å²) in [6.45, 7) is 3.93. The second-order valence-corrected chi connectivity index (χ2v) is 6.29. The van der Waals surface area contributed by atoms with Crippen LogP contribution >= 0.6 is 0 Å². The number of aromatic nitrogens is 5. The Morgan fingerprint density at radius 1 is 0.963 bits per heavy atom. The molecule has 0 saturated carbocycles. The van der Waals surface area contributed by atoms with Crippen molar-refractivity contribution in [3.63, 3.8) is 0 Å². The Labute approximate surface area is 156 Å². The molecule has 0 atom stereocenters. The van der Waals surface area contributed by atoms with Crippen LogP contribution in [0.2, 0.25) is 0 Å². The van der Waals surface area contributed by atoms with E-state index in [0.29, 0.717) is 11.8 Å². The quantitative estimate of drug-likeness (QED) is 0.540. The molecule has 7 heteroatoms. The molecule has 0 N–H and O–H groups in total. The third kappa shape index (κ3) is 3.44. The third-order valence-electron chi connectivity index (χ3n) is 4.03. The lowest BCUT2D eigenvalue weighted by molar-refractivity contribution is 0.232. The van der Waals surface area contributed by atoms with Crippen LogP contribution in [0.15, 0.2) is 55.2 Å². The SMILES string of the molecule is COc1cnc(-n2ccc3cc(-c4cncc(OC(C)C)n4)ccc32)cn1. The fourth-order valence-electron chi connectivity index (χ4n) is 2.83. The molecule has 0 aliphatic heterocycles. The number of hydrogen-bond acceptors (Lipinski definition) is 6. The summed E-state index contributed by atoms with van der Waals surface area (Å²) < 4.78 is 12.7. The Bertz CT molecular complexity index is 1070. The Kier molecular flexibility index (Phi) is 4.42. The summed E-state index contributed by atoms with van der Waals surface area (Å²) in [5, 5.41) is 1.07. The van der Waals surface area contributed by atoms with Crippen LogP contribution in [-0.2, 0) is 0 Å². The van der Waals surface area contributed by atoms with Gasteiger partial charge in [-0.25, -0.2) is 15.0 Å². The van der Waals surface area contributed by atoms with Crippen molar-refractivity contribution in [3.05, 3.63) is 55.2 Å². The topological polar surface area (TPSA) is 75.0 Å². The summed E-state index contributed by atoms with van der Waals surface area (Å²) in [6, 6.07) is 8.16. The number of fused-ring (bicyclic) bond motifs is 1. The molecule has 3 heterocycles. The molecule has 0 spiro atoms. The van der Waals surface area contributed by atoms with Crippen molar-refractivity contribution in [1.82, 2.24) is 24.5 Å². The Morgan fingerprint density at radius 2 is 1.85 bits per heavy atom. The van der Waals surface area contributed by atoms with Crippen molar-refractivity contribution in [1.29, 1.82) is 0 Å². The minimum atomic E-state index is 0.0525. The zero-order valence-corrected chi connectivity index (χ0v) is 15.3. The van der Waals surface area contributed by atoms with Gasteiger partial charge >= 0.3 is 0 Å². The van der Waals surface area contributed by atoms with Crippen molar-refractivity contribution in [2.24, 2.45) is 0 Å². The average Bonchev–Trinajstić information content (AvgIpc) is 3.11. The Morgan fingerprint density at radius 3 is 2.59 bits per heavy atom. The van der Waals surface area contributed by atoms with E-state index in [1.54, 1.807) is 31.9 Å². The van der Waals surface area contributed by atoms with Crippen LogP contribution in [0.5, 0.6) is 11.8 Å². The smallest absolute Gasteiger partial charge is 0.233 e. The second-order valence-electron chi connectivity index (χ2n) is 6.29. The maximum Gasteiger partial charge on any atom is 0.233 e. The van der Waals surface area contributed by atoms with Crippen molar-refractivity contribution in [3.8, 4) is 28.8 Å². The van der Waals surface area contributed by atoms with Gasteiger partial charge in [0.2, 0.25) is 11.8 Å². The first-order chi connectivity index (χ1) is 13.1. The van der Waals surface area contributed by atoms with Gasteiger partial charge in [-0.05, 0) is 32.0 Å². The van der Waals surface area contributed by atoms with E-state index in [1.165, 1.54) is 0 Å². The van der Waals surface area contributed by atoms with Gasteiger partial charge in [0.15, 0.2) is 5.82 Å². The summed E-state index contributed by atoms with van der Waals surface area (Å²) in [6.07, 6.45) is 8.67. The van der Waals surface area contributed by atoms with Crippen LogP contribution in [0.25, 0.3) is 28.0 Å². The third-order valence-corrected chi connectivity index (χ3v) is 4.03. The van der Waals surface area contributed by atoms with Crippen LogP contribution in [0.3, 0.4) is 0 Å². The van der Waals surface area contributed by atoms with E-state index >= 15 is 0 Å². The first-order valence-corrected chi connectivity index (χ1v) is 8.60.